The predicted molar refractivity (Wildman–Crippen MR) is 88.9 cm³/mol. The molecule has 0 bridgehead atoms. The van der Waals surface area contributed by atoms with Gasteiger partial charge >= 0.3 is 0 Å². The molecular formula is C17H15N3O3S. The second-order valence-corrected chi connectivity index (χ2v) is 7.28. The number of nitriles is 1. The molecule has 0 unspecified atom stereocenters. The number of carbonyl (C=O) groups excluding carboxylic acids is 1. The molecule has 24 heavy (non-hydrogen) atoms. The van der Waals surface area contributed by atoms with Crippen LogP contribution in [0, 0.1) is 11.3 Å². The highest BCUT2D eigenvalue weighted by atomic mass is 32.2. The Labute approximate surface area is 140 Å². The van der Waals surface area contributed by atoms with Crippen LogP contribution in [0.15, 0.2) is 53.4 Å². The van der Waals surface area contributed by atoms with Gasteiger partial charge < -0.3 is 5.32 Å². The van der Waals surface area contributed by atoms with Crippen LogP contribution in [0.4, 0.5) is 5.69 Å². The fourth-order valence-electron chi connectivity index (χ4n) is 2.13. The third kappa shape index (κ3) is 3.79. The first-order valence-electron chi connectivity index (χ1n) is 7.42. The van der Waals surface area contributed by atoms with Gasteiger partial charge in [0.25, 0.3) is 5.91 Å². The van der Waals surface area contributed by atoms with Gasteiger partial charge in [-0.1, -0.05) is 6.07 Å². The fraction of sp³-hybridized carbons (Fsp3) is 0.176. The molecule has 1 amide bonds. The zero-order chi connectivity index (χ0) is 17.2. The molecule has 7 heteroatoms. The number of nitrogens with one attached hydrogen (secondary N) is 2. The van der Waals surface area contributed by atoms with Crippen molar-refractivity contribution in [3.8, 4) is 6.07 Å². The number of carbonyl (C=O) groups is 1. The zero-order valence-corrected chi connectivity index (χ0v) is 13.5. The summed E-state index contributed by atoms with van der Waals surface area (Å²) in [6, 6.07) is 14.3. The highest BCUT2D eigenvalue weighted by Crippen LogP contribution is 2.23. The van der Waals surface area contributed by atoms with Crippen molar-refractivity contribution in [2.75, 3.05) is 5.32 Å². The second kappa shape index (κ2) is 6.43. The van der Waals surface area contributed by atoms with Crippen molar-refractivity contribution < 1.29 is 13.2 Å². The summed E-state index contributed by atoms with van der Waals surface area (Å²) in [7, 11) is -3.57. The Hall–Kier alpha value is -2.69. The van der Waals surface area contributed by atoms with Gasteiger partial charge in [0.2, 0.25) is 10.0 Å². The molecule has 2 N–H and O–H groups in total. The zero-order valence-electron chi connectivity index (χ0n) is 12.7. The smallest absolute Gasteiger partial charge is 0.255 e. The minimum Gasteiger partial charge on any atom is -0.322 e. The molecule has 0 aliphatic heterocycles. The number of hydrogen-bond donors (Lipinski definition) is 2. The van der Waals surface area contributed by atoms with Crippen molar-refractivity contribution in [1.82, 2.24) is 4.72 Å². The molecule has 0 spiro atoms. The van der Waals surface area contributed by atoms with Crippen LogP contribution in [-0.2, 0) is 10.0 Å². The Balaban J connectivity index is 1.76. The summed E-state index contributed by atoms with van der Waals surface area (Å²) >= 11 is 0. The van der Waals surface area contributed by atoms with Crippen LogP contribution < -0.4 is 10.0 Å². The molecule has 3 rings (SSSR count). The SMILES string of the molecule is N#Cc1ccc(C(=O)Nc2cccc(S(=O)(=O)NC3CC3)c2)cc1. The standard InChI is InChI=1S/C17H15N3O3S/c18-11-12-4-6-13(7-5-12)17(21)19-15-2-1-3-16(10-15)24(22,23)20-14-8-9-14/h1-7,10,14,20H,8-9H2,(H,19,21). The molecule has 0 aromatic heterocycles. The lowest BCUT2D eigenvalue weighted by Gasteiger charge is -2.09. The van der Waals surface area contributed by atoms with E-state index in [-0.39, 0.29) is 16.8 Å². The number of amides is 1. The number of nitrogens with zero attached hydrogens (tertiary/aromatic N) is 1. The van der Waals surface area contributed by atoms with E-state index < -0.39 is 10.0 Å². The normalized spacial score (nSPS) is 14.0. The lowest BCUT2D eigenvalue weighted by atomic mass is 10.1. The highest BCUT2D eigenvalue weighted by Gasteiger charge is 2.28. The van der Waals surface area contributed by atoms with Gasteiger partial charge in [-0.2, -0.15) is 5.26 Å². The molecule has 1 fully saturated rings. The summed E-state index contributed by atoms with van der Waals surface area (Å²) in [6.07, 6.45) is 1.71. The van der Waals surface area contributed by atoms with Gasteiger partial charge in [0, 0.05) is 17.3 Å². The summed E-state index contributed by atoms with van der Waals surface area (Å²) < 4.78 is 27.0. The minimum absolute atomic E-state index is 0.0203. The largest absolute Gasteiger partial charge is 0.322 e. The van der Waals surface area contributed by atoms with Gasteiger partial charge in [-0.25, -0.2) is 13.1 Å². The van der Waals surface area contributed by atoms with Crippen LogP contribution in [0.25, 0.3) is 0 Å². The molecule has 1 saturated carbocycles. The molecule has 6 nitrogen and oxygen atoms in total. The van der Waals surface area contributed by atoms with Gasteiger partial charge in [0.05, 0.1) is 16.5 Å². The summed E-state index contributed by atoms with van der Waals surface area (Å²) in [5.41, 5.74) is 1.24. The number of rotatable bonds is 5. The maximum Gasteiger partial charge on any atom is 0.255 e. The Morgan fingerprint density at radius 2 is 1.83 bits per heavy atom. The summed E-state index contributed by atoms with van der Waals surface area (Å²) in [6.45, 7) is 0. The van der Waals surface area contributed by atoms with Crippen LogP contribution in [0.1, 0.15) is 28.8 Å². The number of hydrogen-bond acceptors (Lipinski definition) is 4. The third-order valence-corrected chi connectivity index (χ3v) is 5.10. The second-order valence-electron chi connectivity index (χ2n) is 5.57. The van der Waals surface area contributed by atoms with E-state index in [1.807, 2.05) is 6.07 Å². The quantitative estimate of drug-likeness (QED) is 0.871. The van der Waals surface area contributed by atoms with Crippen molar-refractivity contribution in [2.24, 2.45) is 0 Å². The van der Waals surface area contributed by atoms with Crippen LogP contribution in [0.5, 0.6) is 0 Å². The van der Waals surface area contributed by atoms with E-state index in [2.05, 4.69) is 10.0 Å². The average molecular weight is 341 g/mol. The average Bonchev–Trinajstić information content (AvgIpc) is 3.38. The molecule has 122 valence electrons. The Morgan fingerprint density at radius 3 is 2.46 bits per heavy atom. The molecule has 0 radical (unpaired) electrons. The van der Waals surface area contributed by atoms with Gasteiger partial charge in [0.1, 0.15) is 0 Å². The lowest BCUT2D eigenvalue weighted by Crippen LogP contribution is -2.25. The van der Waals surface area contributed by atoms with E-state index in [1.165, 1.54) is 12.1 Å². The monoisotopic (exact) mass is 341 g/mol. The number of anilines is 1. The van der Waals surface area contributed by atoms with Crippen molar-refractivity contribution in [1.29, 1.82) is 5.26 Å². The lowest BCUT2D eigenvalue weighted by molar-refractivity contribution is 0.102. The molecule has 1 aliphatic rings. The Kier molecular flexibility index (Phi) is 4.34. The van der Waals surface area contributed by atoms with E-state index >= 15 is 0 Å². The molecule has 0 saturated heterocycles. The van der Waals surface area contributed by atoms with Crippen LogP contribution in [-0.4, -0.2) is 20.4 Å². The van der Waals surface area contributed by atoms with E-state index in [9.17, 15) is 13.2 Å². The molecule has 2 aromatic rings. The number of benzene rings is 2. The van der Waals surface area contributed by atoms with Gasteiger partial charge in [-0.05, 0) is 55.3 Å². The van der Waals surface area contributed by atoms with Gasteiger partial charge in [-0.15, -0.1) is 0 Å². The first kappa shape index (κ1) is 16.2. The summed E-state index contributed by atoms with van der Waals surface area (Å²) in [4.78, 5) is 12.3. The maximum absolute atomic E-state index is 12.2. The predicted octanol–water partition coefficient (Wildman–Crippen LogP) is 2.25. The first-order chi connectivity index (χ1) is 11.5. The Morgan fingerprint density at radius 1 is 1.12 bits per heavy atom. The van der Waals surface area contributed by atoms with Crippen LogP contribution >= 0.6 is 0 Å². The fourth-order valence-corrected chi connectivity index (χ4v) is 3.48. The first-order valence-corrected chi connectivity index (χ1v) is 8.90. The van der Waals surface area contributed by atoms with Crippen LogP contribution in [0.2, 0.25) is 0 Å². The topological polar surface area (TPSA) is 99.1 Å². The van der Waals surface area contributed by atoms with Crippen molar-refractivity contribution >= 4 is 21.6 Å². The van der Waals surface area contributed by atoms with E-state index in [4.69, 9.17) is 5.26 Å². The van der Waals surface area contributed by atoms with E-state index in [0.29, 0.717) is 16.8 Å². The van der Waals surface area contributed by atoms with Crippen molar-refractivity contribution in [2.45, 2.75) is 23.8 Å². The van der Waals surface area contributed by atoms with Crippen LogP contribution in [0.3, 0.4) is 0 Å². The molecule has 1 aliphatic carbocycles. The molecule has 2 aromatic carbocycles. The Bertz CT molecular complexity index is 911. The van der Waals surface area contributed by atoms with E-state index in [1.54, 1.807) is 36.4 Å². The highest BCUT2D eigenvalue weighted by molar-refractivity contribution is 7.89. The minimum atomic E-state index is -3.57. The third-order valence-electron chi connectivity index (χ3n) is 3.58. The summed E-state index contributed by atoms with van der Waals surface area (Å²) in [5, 5.41) is 11.4. The number of sulfonamides is 1. The van der Waals surface area contributed by atoms with Crippen molar-refractivity contribution in [3.05, 3.63) is 59.7 Å². The van der Waals surface area contributed by atoms with Gasteiger partial charge in [0.15, 0.2) is 0 Å². The molecule has 0 heterocycles. The van der Waals surface area contributed by atoms with Crippen molar-refractivity contribution in [3.63, 3.8) is 0 Å². The van der Waals surface area contributed by atoms with E-state index in [0.717, 1.165) is 12.8 Å². The maximum atomic E-state index is 12.2. The molecule has 0 atom stereocenters. The summed E-state index contributed by atoms with van der Waals surface area (Å²) in [5.74, 6) is -0.371. The van der Waals surface area contributed by atoms with Gasteiger partial charge in [-0.3, -0.25) is 4.79 Å². The molecular weight excluding hydrogens is 326 g/mol.